The highest BCUT2D eigenvalue weighted by molar-refractivity contribution is 6.42. The van der Waals surface area contributed by atoms with Gasteiger partial charge < -0.3 is 10.1 Å². The lowest BCUT2D eigenvalue weighted by Gasteiger charge is -2.22. The topological polar surface area (TPSA) is 21.3 Å². The number of hydrogen-bond acceptors (Lipinski definition) is 2. The van der Waals surface area contributed by atoms with Gasteiger partial charge >= 0.3 is 0 Å². The normalized spacial score (nSPS) is 16.5. The average Bonchev–Trinajstić information content (AvgIpc) is 2.43. The Balaban J connectivity index is 1.59. The van der Waals surface area contributed by atoms with E-state index in [9.17, 15) is 0 Å². The maximum absolute atomic E-state index is 5.93. The standard InChI is InChI=1S/C15H21Cl2NO/c16-14-8-7-13(11-15(14)17)19-10-4-9-18-12-5-2-1-3-6-12/h7-8,11-12,18H,1-6,9-10H2. The third kappa shape index (κ3) is 5.21. The Kier molecular flexibility index (Phi) is 6.29. The van der Waals surface area contributed by atoms with E-state index in [0.29, 0.717) is 16.7 Å². The molecule has 2 rings (SSSR count). The van der Waals surface area contributed by atoms with Crippen molar-refractivity contribution < 1.29 is 4.74 Å². The van der Waals surface area contributed by atoms with Gasteiger partial charge in [0.05, 0.1) is 16.7 Å². The van der Waals surface area contributed by atoms with E-state index in [2.05, 4.69) is 5.32 Å². The molecule has 0 atom stereocenters. The van der Waals surface area contributed by atoms with E-state index in [1.807, 2.05) is 6.07 Å². The van der Waals surface area contributed by atoms with Gasteiger partial charge in [0.2, 0.25) is 0 Å². The molecule has 0 spiro atoms. The van der Waals surface area contributed by atoms with Crippen molar-refractivity contribution >= 4 is 23.2 Å². The predicted molar refractivity (Wildman–Crippen MR) is 81.4 cm³/mol. The number of rotatable bonds is 6. The summed E-state index contributed by atoms with van der Waals surface area (Å²) in [6, 6.07) is 6.10. The zero-order chi connectivity index (χ0) is 13.5. The molecule has 0 saturated heterocycles. The maximum atomic E-state index is 5.93. The van der Waals surface area contributed by atoms with Gasteiger partial charge in [-0.1, -0.05) is 42.5 Å². The second-order valence-electron chi connectivity index (χ2n) is 5.07. The Morgan fingerprint density at radius 2 is 1.89 bits per heavy atom. The summed E-state index contributed by atoms with van der Waals surface area (Å²) in [5, 5.41) is 4.71. The largest absolute Gasteiger partial charge is 0.493 e. The first kappa shape index (κ1) is 15.0. The van der Waals surface area contributed by atoms with E-state index in [1.165, 1.54) is 32.1 Å². The highest BCUT2D eigenvalue weighted by Gasteiger charge is 2.11. The first-order valence-corrected chi connectivity index (χ1v) is 7.82. The predicted octanol–water partition coefficient (Wildman–Crippen LogP) is 4.68. The summed E-state index contributed by atoms with van der Waals surface area (Å²) in [6.07, 6.45) is 7.81. The second kappa shape index (κ2) is 7.98. The first-order chi connectivity index (χ1) is 9.25. The number of halogens is 2. The van der Waals surface area contributed by atoms with Gasteiger partial charge in [0.25, 0.3) is 0 Å². The molecule has 0 heterocycles. The molecule has 2 nitrogen and oxygen atoms in total. The zero-order valence-corrected chi connectivity index (χ0v) is 12.6. The van der Waals surface area contributed by atoms with Crippen molar-refractivity contribution in [1.29, 1.82) is 0 Å². The van der Waals surface area contributed by atoms with Crippen molar-refractivity contribution in [2.45, 2.75) is 44.6 Å². The fraction of sp³-hybridized carbons (Fsp3) is 0.600. The van der Waals surface area contributed by atoms with E-state index in [1.54, 1.807) is 12.1 Å². The summed E-state index contributed by atoms with van der Waals surface area (Å²) in [6.45, 7) is 1.73. The molecule has 1 fully saturated rings. The zero-order valence-electron chi connectivity index (χ0n) is 11.1. The molecule has 19 heavy (non-hydrogen) atoms. The Labute approximate surface area is 125 Å². The summed E-state index contributed by atoms with van der Waals surface area (Å²) in [5.74, 6) is 0.784. The van der Waals surface area contributed by atoms with Crippen LogP contribution in [0.5, 0.6) is 5.75 Å². The quantitative estimate of drug-likeness (QED) is 0.770. The molecule has 1 aromatic rings. The Bertz CT molecular complexity index is 392. The number of nitrogens with one attached hydrogen (secondary N) is 1. The lowest BCUT2D eigenvalue weighted by Crippen LogP contribution is -2.32. The first-order valence-electron chi connectivity index (χ1n) is 7.07. The molecule has 0 amide bonds. The van der Waals surface area contributed by atoms with Crippen molar-refractivity contribution in [2.24, 2.45) is 0 Å². The molecule has 0 aliphatic heterocycles. The number of ether oxygens (including phenoxy) is 1. The van der Waals surface area contributed by atoms with Crippen LogP contribution >= 0.6 is 23.2 Å². The Morgan fingerprint density at radius 3 is 2.63 bits per heavy atom. The van der Waals surface area contributed by atoms with E-state index >= 15 is 0 Å². The lowest BCUT2D eigenvalue weighted by atomic mass is 9.95. The maximum Gasteiger partial charge on any atom is 0.120 e. The molecule has 1 N–H and O–H groups in total. The van der Waals surface area contributed by atoms with E-state index in [0.717, 1.165) is 24.8 Å². The van der Waals surface area contributed by atoms with Gasteiger partial charge in [-0.2, -0.15) is 0 Å². The molecule has 0 unspecified atom stereocenters. The van der Waals surface area contributed by atoms with Crippen molar-refractivity contribution in [2.75, 3.05) is 13.2 Å². The summed E-state index contributed by atoms with van der Waals surface area (Å²) in [7, 11) is 0. The molecule has 1 saturated carbocycles. The third-order valence-electron chi connectivity index (χ3n) is 3.52. The summed E-state index contributed by atoms with van der Waals surface area (Å²) >= 11 is 11.8. The molecule has 106 valence electrons. The van der Waals surface area contributed by atoms with Crippen molar-refractivity contribution in [3.05, 3.63) is 28.2 Å². The third-order valence-corrected chi connectivity index (χ3v) is 4.26. The lowest BCUT2D eigenvalue weighted by molar-refractivity contribution is 0.297. The molecule has 0 radical (unpaired) electrons. The van der Waals surface area contributed by atoms with Gasteiger partial charge in [-0.15, -0.1) is 0 Å². The fourth-order valence-electron chi connectivity index (χ4n) is 2.44. The summed E-state index contributed by atoms with van der Waals surface area (Å²) in [5.41, 5.74) is 0. The van der Waals surface area contributed by atoms with Crippen LogP contribution < -0.4 is 10.1 Å². The minimum absolute atomic E-state index is 0.541. The van der Waals surface area contributed by atoms with Gasteiger partial charge in [0.15, 0.2) is 0 Å². The Hall–Kier alpha value is -0.440. The molecule has 0 bridgehead atoms. The van der Waals surface area contributed by atoms with Crippen LogP contribution in [0.15, 0.2) is 18.2 Å². The van der Waals surface area contributed by atoms with E-state index in [-0.39, 0.29) is 0 Å². The molecule has 1 aromatic carbocycles. The SMILES string of the molecule is Clc1ccc(OCCCNC2CCCCC2)cc1Cl. The minimum Gasteiger partial charge on any atom is -0.493 e. The molecule has 1 aliphatic carbocycles. The van der Waals surface area contributed by atoms with Crippen LogP contribution in [-0.2, 0) is 0 Å². The van der Waals surface area contributed by atoms with Gasteiger partial charge in [-0.25, -0.2) is 0 Å². The highest BCUT2D eigenvalue weighted by Crippen LogP contribution is 2.26. The van der Waals surface area contributed by atoms with Crippen LogP contribution in [0.3, 0.4) is 0 Å². The van der Waals surface area contributed by atoms with Crippen molar-refractivity contribution in [3.63, 3.8) is 0 Å². The van der Waals surface area contributed by atoms with Crippen LogP contribution in [0.4, 0.5) is 0 Å². The highest BCUT2D eigenvalue weighted by atomic mass is 35.5. The smallest absolute Gasteiger partial charge is 0.120 e. The average molecular weight is 302 g/mol. The van der Waals surface area contributed by atoms with E-state index in [4.69, 9.17) is 27.9 Å². The van der Waals surface area contributed by atoms with Crippen molar-refractivity contribution in [3.8, 4) is 5.75 Å². The van der Waals surface area contributed by atoms with Crippen LogP contribution in [0.25, 0.3) is 0 Å². The van der Waals surface area contributed by atoms with Crippen molar-refractivity contribution in [1.82, 2.24) is 5.32 Å². The van der Waals surface area contributed by atoms with Crippen LogP contribution in [0.1, 0.15) is 38.5 Å². The monoisotopic (exact) mass is 301 g/mol. The molecule has 4 heteroatoms. The van der Waals surface area contributed by atoms with Crippen LogP contribution in [0, 0.1) is 0 Å². The fourth-order valence-corrected chi connectivity index (χ4v) is 2.73. The molecular weight excluding hydrogens is 281 g/mol. The Morgan fingerprint density at radius 1 is 1.11 bits per heavy atom. The molecule has 0 aromatic heterocycles. The van der Waals surface area contributed by atoms with Crippen LogP contribution in [-0.4, -0.2) is 19.2 Å². The van der Waals surface area contributed by atoms with Crippen LogP contribution in [0.2, 0.25) is 10.0 Å². The minimum atomic E-state index is 0.541. The molecular formula is C15H21Cl2NO. The summed E-state index contributed by atoms with van der Waals surface area (Å²) in [4.78, 5) is 0. The molecule has 1 aliphatic rings. The van der Waals surface area contributed by atoms with Gasteiger partial charge in [0, 0.05) is 12.1 Å². The van der Waals surface area contributed by atoms with Gasteiger partial charge in [0.1, 0.15) is 5.75 Å². The van der Waals surface area contributed by atoms with E-state index < -0.39 is 0 Å². The summed E-state index contributed by atoms with van der Waals surface area (Å²) < 4.78 is 5.65. The second-order valence-corrected chi connectivity index (χ2v) is 5.88. The number of hydrogen-bond donors (Lipinski definition) is 1. The number of benzene rings is 1. The van der Waals surface area contributed by atoms with Gasteiger partial charge in [-0.05, 0) is 37.9 Å². The van der Waals surface area contributed by atoms with Gasteiger partial charge in [-0.3, -0.25) is 0 Å².